The zero-order chi connectivity index (χ0) is 14.1. The Hall–Kier alpha value is -2.01. The molecule has 2 nitrogen and oxygen atoms in total. The lowest BCUT2D eigenvalue weighted by Gasteiger charge is -2.10. The number of pyridine rings is 1. The van der Waals surface area contributed by atoms with Crippen LogP contribution in [-0.2, 0) is 0 Å². The molecular weight excluding hydrogens is 326 g/mol. The van der Waals surface area contributed by atoms with Crippen LogP contribution in [0.2, 0.25) is 0 Å². The lowest BCUT2D eigenvalue weighted by Crippen LogP contribution is -1.94. The number of anilines is 2. The summed E-state index contributed by atoms with van der Waals surface area (Å²) in [6.45, 7) is 0. The van der Waals surface area contributed by atoms with Crippen molar-refractivity contribution in [2.45, 2.75) is 0 Å². The minimum atomic E-state index is -0.617. The summed E-state index contributed by atoms with van der Waals surface area (Å²) in [4.78, 5) is 4.26. The molecule has 0 spiro atoms. The van der Waals surface area contributed by atoms with E-state index in [4.69, 9.17) is 0 Å². The van der Waals surface area contributed by atoms with Crippen molar-refractivity contribution >= 4 is 38.2 Å². The Kier molecular flexibility index (Phi) is 3.36. The first kappa shape index (κ1) is 13.0. The number of fused-ring (bicyclic) bond motifs is 1. The third-order valence-electron chi connectivity index (χ3n) is 2.85. The molecule has 2 aromatic carbocycles. The van der Waals surface area contributed by atoms with E-state index < -0.39 is 11.6 Å². The van der Waals surface area contributed by atoms with Gasteiger partial charge < -0.3 is 5.32 Å². The summed E-state index contributed by atoms with van der Waals surface area (Å²) in [7, 11) is 0. The van der Waals surface area contributed by atoms with Crippen molar-refractivity contribution in [1.82, 2.24) is 4.98 Å². The minimum absolute atomic E-state index is 0.359. The van der Waals surface area contributed by atoms with Crippen LogP contribution in [0.5, 0.6) is 0 Å². The van der Waals surface area contributed by atoms with E-state index in [1.165, 1.54) is 12.1 Å². The first-order valence-corrected chi connectivity index (χ1v) is 6.68. The van der Waals surface area contributed by atoms with E-state index in [1.54, 1.807) is 12.3 Å². The van der Waals surface area contributed by atoms with Crippen LogP contribution in [0.25, 0.3) is 10.9 Å². The molecule has 0 saturated carbocycles. The summed E-state index contributed by atoms with van der Waals surface area (Å²) < 4.78 is 27.3. The van der Waals surface area contributed by atoms with Gasteiger partial charge in [-0.25, -0.2) is 8.78 Å². The SMILES string of the molecule is Fc1cc(F)cc(Nc2ccnc3cc(Br)ccc23)c1. The average Bonchev–Trinajstić information content (AvgIpc) is 2.37. The Morgan fingerprint density at radius 1 is 0.950 bits per heavy atom. The van der Waals surface area contributed by atoms with Gasteiger partial charge in [-0.15, -0.1) is 0 Å². The van der Waals surface area contributed by atoms with Gasteiger partial charge in [0.1, 0.15) is 11.6 Å². The summed E-state index contributed by atoms with van der Waals surface area (Å²) >= 11 is 3.38. The molecule has 0 amide bonds. The summed E-state index contributed by atoms with van der Waals surface area (Å²) in [6, 6.07) is 10.8. The van der Waals surface area contributed by atoms with Crippen LogP contribution in [-0.4, -0.2) is 4.98 Å². The maximum Gasteiger partial charge on any atom is 0.128 e. The molecule has 20 heavy (non-hydrogen) atoms. The molecule has 0 aliphatic heterocycles. The lowest BCUT2D eigenvalue weighted by molar-refractivity contribution is 0.584. The number of hydrogen-bond donors (Lipinski definition) is 1. The molecular formula is C15H9BrF2N2. The monoisotopic (exact) mass is 334 g/mol. The molecule has 100 valence electrons. The largest absolute Gasteiger partial charge is 0.355 e. The van der Waals surface area contributed by atoms with E-state index in [9.17, 15) is 8.78 Å². The van der Waals surface area contributed by atoms with Crippen molar-refractivity contribution in [3.63, 3.8) is 0 Å². The van der Waals surface area contributed by atoms with E-state index in [1.807, 2.05) is 18.2 Å². The highest BCUT2D eigenvalue weighted by atomic mass is 79.9. The molecule has 0 atom stereocenters. The Bertz CT molecular complexity index is 770. The Balaban J connectivity index is 2.06. The van der Waals surface area contributed by atoms with E-state index >= 15 is 0 Å². The maximum atomic E-state index is 13.2. The first-order chi connectivity index (χ1) is 9.61. The summed E-state index contributed by atoms with van der Waals surface area (Å²) in [5.41, 5.74) is 1.90. The van der Waals surface area contributed by atoms with Gasteiger partial charge in [-0.05, 0) is 36.4 Å². The van der Waals surface area contributed by atoms with Crippen molar-refractivity contribution < 1.29 is 8.78 Å². The molecule has 0 aliphatic rings. The number of hydrogen-bond acceptors (Lipinski definition) is 2. The van der Waals surface area contributed by atoms with Gasteiger partial charge in [-0.2, -0.15) is 0 Å². The molecule has 1 aromatic heterocycles. The van der Waals surface area contributed by atoms with Crippen LogP contribution in [0.1, 0.15) is 0 Å². The third-order valence-corrected chi connectivity index (χ3v) is 3.34. The molecule has 0 aliphatic carbocycles. The molecule has 1 heterocycles. The normalized spacial score (nSPS) is 10.8. The van der Waals surface area contributed by atoms with Gasteiger partial charge in [-0.1, -0.05) is 15.9 Å². The fourth-order valence-electron chi connectivity index (χ4n) is 2.01. The van der Waals surface area contributed by atoms with Gasteiger partial charge >= 0.3 is 0 Å². The fourth-order valence-corrected chi connectivity index (χ4v) is 2.36. The smallest absolute Gasteiger partial charge is 0.128 e. The molecule has 0 radical (unpaired) electrons. The summed E-state index contributed by atoms with van der Waals surface area (Å²) in [5, 5.41) is 3.89. The zero-order valence-electron chi connectivity index (χ0n) is 10.2. The second kappa shape index (κ2) is 5.17. The van der Waals surface area contributed by atoms with Crippen LogP contribution in [0.4, 0.5) is 20.2 Å². The van der Waals surface area contributed by atoms with Crippen LogP contribution in [0, 0.1) is 11.6 Å². The van der Waals surface area contributed by atoms with Gasteiger partial charge in [0.25, 0.3) is 0 Å². The van der Waals surface area contributed by atoms with Crippen molar-refractivity contribution in [2.75, 3.05) is 5.32 Å². The lowest BCUT2D eigenvalue weighted by atomic mass is 10.2. The summed E-state index contributed by atoms with van der Waals surface area (Å²) in [5.74, 6) is -1.23. The number of nitrogens with zero attached hydrogens (tertiary/aromatic N) is 1. The van der Waals surface area contributed by atoms with Gasteiger partial charge in [0.15, 0.2) is 0 Å². The number of rotatable bonds is 2. The highest BCUT2D eigenvalue weighted by Gasteiger charge is 2.05. The molecule has 0 bridgehead atoms. The van der Waals surface area contributed by atoms with Crippen LogP contribution >= 0.6 is 15.9 Å². The van der Waals surface area contributed by atoms with Gasteiger partial charge in [0, 0.05) is 33.5 Å². The van der Waals surface area contributed by atoms with Crippen LogP contribution in [0.3, 0.4) is 0 Å². The maximum absolute atomic E-state index is 13.2. The van der Waals surface area contributed by atoms with E-state index in [-0.39, 0.29) is 0 Å². The average molecular weight is 335 g/mol. The van der Waals surface area contributed by atoms with E-state index in [0.717, 1.165) is 27.1 Å². The standard InChI is InChI=1S/C15H9BrF2N2/c16-9-1-2-13-14(3-4-19-15(13)5-9)20-12-7-10(17)6-11(18)8-12/h1-8H,(H,19,20). The quantitative estimate of drug-likeness (QED) is 0.711. The predicted molar refractivity (Wildman–Crippen MR) is 79.1 cm³/mol. The zero-order valence-corrected chi connectivity index (χ0v) is 11.8. The van der Waals surface area contributed by atoms with Gasteiger partial charge in [0.05, 0.1) is 5.52 Å². The number of nitrogens with one attached hydrogen (secondary N) is 1. The van der Waals surface area contributed by atoms with Crippen molar-refractivity contribution in [2.24, 2.45) is 0 Å². The third kappa shape index (κ3) is 2.63. The number of benzene rings is 2. The van der Waals surface area contributed by atoms with Crippen molar-refractivity contribution in [3.05, 3.63) is 64.8 Å². The number of halogens is 3. The summed E-state index contributed by atoms with van der Waals surface area (Å²) in [6.07, 6.45) is 1.65. The van der Waals surface area contributed by atoms with E-state index in [2.05, 4.69) is 26.2 Å². The molecule has 0 unspecified atom stereocenters. The number of aromatic nitrogens is 1. The molecule has 0 fully saturated rings. The Morgan fingerprint density at radius 2 is 1.70 bits per heavy atom. The molecule has 0 saturated heterocycles. The second-order valence-electron chi connectivity index (χ2n) is 4.30. The topological polar surface area (TPSA) is 24.9 Å². The fraction of sp³-hybridized carbons (Fsp3) is 0. The molecule has 5 heteroatoms. The predicted octanol–water partition coefficient (Wildman–Crippen LogP) is 5.02. The minimum Gasteiger partial charge on any atom is -0.355 e. The molecule has 1 N–H and O–H groups in total. The first-order valence-electron chi connectivity index (χ1n) is 5.89. The van der Waals surface area contributed by atoms with Crippen LogP contribution in [0.15, 0.2) is 53.1 Å². The molecule has 3 aromatic rings. The molecule has 3 rings (SSSR count). The van der Waals surface area contributed by atoms with Crippen molar-refractivity contribution in [1.29, 1.82) is 0 Å². The Morgan fingerprint density at radius 3 is 2.45 bits per heavy atom. The highest BCUT2D eigenvalue weighted by molar-refractivity contribution is 9.10. The van der Waals surface area contributed by atoms with Gasteiger partial charge in [-0.3, -0.25) is 4.98 Å². The second-order valence-corrected chi connectivity index (χ2v) is 5.22. The van der Waals surface area contributed by atoms with Crippen molar-refractivity contribution in [3.8, 4) is 0 Å². The van der Waals surface area contributed by atoms with E-state index in [0.29, 0.717) is 5.69 Å². The van der Waals surface area contributed by atoms with Gasteiger partial charge in [0.2, 0.25) is 0 Å². The Labute approximate surface area is 122 Å². The highest BCUT2D eigenvalue weighted by Crippen LogP contribution is 2.27. The van der Waals surface area contributed by atoms with Crippen LogP contribution < -0.4 is 5.32 Å².